The molecule has 37 heavy (non-hydrogen) atoms. The van der Waals surface area contributed by atoms with Gasteiger partial charge in [0.1, 0.15) is 30.0 Å². The number of aliphatic hydroxyl groups excluding tert-OH is 1. The van der Waals surface area contributed by atoms with Crippen molar-refractivity contribution in [3.05, 3.63) is 77.4 Å². The van der Waals surface area contributed by atoms with E-state index in [1.54, 1.807) is 17.0 Å². The van der Waals surface area contributed by atoms with Crippen LogP contribution in [0.25, 0.3) is 5.76 Å². The first kappa shape index (κ1) is 26.5. The van der Waals surface area contributed by atoms with Gasteiger partial charge in [0, 0.05) is 18.5 Å². The Bertz CT molecular complexity index is 1180. The molecule has 7 heteroatoms. The summed E-state index contributed by atoms with van der Waals surface area (Å²) in [4.78, 5) is 30.5. The Morgan fingerprint density at radius 2 is 1.92 bits per heavy atom. The van der Waals surface area contributed by atoms with Crippen LogP contribution in [-0.4, -0.2) is 65.5 Å². The molecule has 1 amide bonds. The average Bonchev–Trinajstić information content (AvgIpc) is 3.40. The van der Waals surface area contributed by atoms with Crippen molar-refractivity contribution >= 4 is 17.4 Å². The molecule has 2 aromatic carbocycles. The fourth-order valence-electron chi connectivity index (χ4n) is 5.09. The minimum absolute atomic E-state index is 0.0607. The third-order valence-corrected chi connectivity index (χ3v) is 7.04. The maximum atomic E-state index is 13.3. The van der Waals surface area contributed by atoms with Crippen molar-refractivity contribution < 1.29 is 24.2 Å². The molecule has 2 aromatic rings. The van der Waals surface area contributed by atoms with Gasteiger partial charge in [-0.1, -0.05) is 38.6 Å². The normalized spacial score (nSPS) is 20.3. The Hall–Kier alpha value is -3.58. The highest BCUT2D eigenvalue weighted by Gasteiger charge is 2.46. The fourth-order valence-corrected chi connectivity index (χ4v) is 5.09. The van der Waals surface area contributed by atoms with Gasteiger partial charge in [0.15, 0.2) is 0 Å². The summed E-state index contributed by atoms with van der Waals surface area (Å²) in [6, 6.07) is 12.0. The van der Waals surface area contributed by atoms with Crippen LogP contribution in [0.2, 0.25) is 0 Å². The van der Waals surface area contributed by atoms with Gasteiger partial charge in [0.05, 0.1) is 11.6 Å². The molecule has 0 radical (unpaired) electrons. The zero-order valence-corrected chi connectivity index (χ0v) is 21.9. The lowest BCUT2D eigenvalue weighted by Crippen LogP contribution is -2.33. The molecule has 0 aromatic heterocycles. The second-order valence-corrected chi connectivity index (χ2v) is 9.50. The zero-order chi connectivity index (χ0) is 26.5. The molecule has 2 heterocycles. The van der Waals surface area contributed by atoms with Gasteiger partial charge in [-0.25, -0.2) is 0 Å². The van der Waals surface area contributed by atoms with Crippen LogP contribution in [0.1, 0.15) is 49.9 Å². The second-order valence-electron chi connectivity index (χ2n) is 9.50. The van der Waals surface area contributed by atoms with Crippen molar-refractivity contribution in [3.8, 4) is 11.5 Å². The van der Waals surface area contributed by atoms with E-state index in [1.807, 2.05) is 43.3 Å². The third-order valence-electron chi connectivity index (χ3n) is 7.04. The van der Waals surface area contributed by atoms with E-state index in [0.29, 0.717) is 24.5 Å². The van der Waals surface area contributed by atoms with Crippen molar-refractivity contribution in [1.82, 2.24) is 9.80 Å². The van der Waals surface area contributed by atoms with Gasteiger partial charge in [-0.05, 0) is 74.4 Å². The first-order valence-electron chi connectivity index (χ1n) is 13.0. The number of likely N-dealkylation sites (tertiary alicyclic amines) is 1. The second kappa shape index (κ2) is 11.6. The van der Waals surface area contributed by atoms with E-state index in [1.165, 1.54) is 0 Å². The van der Waals surface area contributed by atoms with Crippen LogP contribution in [0.5, 0.6) is 11.5 Å². The lowest BCUT2D eigenvalue weighted by molar-refractivity contribution is -0.140. The first-order chi connectivity index (χ1) is 17.9. The molecule has 1 fully saturated rings. The van der Waals surface area contributed by atoms with Crippen LogP contribution < -0.4 is 9.47 Å². The molecule has 2 aliphatic rings. The maximum Gasteiger partial charge on any atom is 0.295 e. The van der Waals surface area contributed by atoms with E-state index in [0.717, 1.165) is 49.4 Å². The van der Waals surface area contributed by atoms with Crippen LogP contribution in [0.3, 0.4) is 0 Å². The molecular weight excluding hydrogens is 468 g/mol. The fraction of sp³-hybridized carbons (Fsp3) is 0.400. The number of nitrogens with zero attached hydrogens (tertiary/aromatic N) is 2. The van der Waals surface area contributed by atoms with Crippen molar-refractivity contribution in [2.24, 2.45) is 0 Å². The average molecular weight is 505 g/mol. The Balaban J connectivity index is 1.71. The van der Waals surface area contributed by atoms with Crippen molar-refractivity contribution in [3.63, 3.8) is 0 Å². The molecule has 1 N–H and O–H groups in total. The summed E-state index contributed by atoms with van der Waals surface area (Å²) in [6.07, 6.45) is 3.18. The largest absolute Gasteiger partial charge is 0.507 e. The number of carbonyl (C=O) groups is 2. The number of benzene rings is 2. The van der Waals surface area contributed by atoms with Crippen LogP contribution in [0.4, 0.5) is 0 Å². The standard InChI is InChI=1S/C30H36N2O5/c1-5-17-36-24-12-9-21(10-13-24)27-26(28(33)22-11-14-25-23(19-22)18-20(4)37-25)29(34)30(35)32(27)16-8-15-31(6-2)7-3/h5,9-14,19-20,27,33H,1,6-8,15-18H2,2-4H3/t20-,27+/m0/s1. The Labute approximate surface area is 219 Å². The van der Waals surface area contributed by atoms with E-state index in [-0.39, 0.29) is 17.4 Å². The summed E-state index contributed by atoms with van der Waals surface area (Å²) >= 11 is 0. The Morgan fingerprint density at radius 3 is 2.59 bits per heavy atom. The number of carbonyl (C=O) groups excluding carboxylic acids is 2. The van der Waals surface area contributed by atoms with Crippen LogP contribution in [0, 0.1) is 0 Å². The summed E-state index contributed by atoms with van der Waals surface area (Å²) in [7, 11) is 0. The van der Waals surface area contributed by atoms with E-state index in [2.05, 4.69) is 25.3 Å². The highest BCUT2D eigenvalue weighted by molar-refractivity contribution is 6.46. The predicted molar refractivity (Wildman–Crippen MR) is 144 cm³/mol. The molecule has 0 bridgehead atoms. The number of aliphatic hydroxyl groups is 1. The number of amides is 1. The first-order valence-corrected chi connectivity index (χ1v) is 13.0. The van der Waals surface area contributed by atoms with Crippen molar-refractivity contribution in [1.29, 1.82) is 0 Å². The molecular formula is C30H36N2O5. The summed E-state index contributed by atoms with van der Waals surface area (Å²) in [5, 5.41) is 11.4. The molecule has 2 atom stereocenters. The summed E-state index contributed by atoms with van der Waals surface area (Å²) in [5.74, 6) is 0.0324. The van der Waals surface area contributed by atoms with Gasteiger partial charge in [0.25, 0.3) is 11.7 Å². The van der Waals surface area contributed by atoms with Gasteiger partial charge in [-0.15, -0.1) is 0 Å². The molecule has 2 aliphatic heterocycles. The van der Waals surface area contributed by atoms with E-state index in [9.17, 15) is 14.7 Å². The third kappa shape index (κ3) is 5.57. The molecule has 0 unspecified atom stereocenters. The molecule has 0 saturated carbocycles. The number of hydrogen-bond acceptors (Lipinski definition) is 6. The lowest BCUT2D eigenvalue weighted by Gasteiger charge is -2.27. The SMILES string of the molecule is C=CCOc1ccc([C@@H]2C(=C(O)c3ccc4c(c3)C[C@H](C)O4)C(=O)C(=O)N2CCCN(CC)CC)cc1. The summed E-state index contributed by atoms with van der Waals surface area (Å²) < 4.78 is 11.4. The zero-order valence-electron chi connectivity index (χ0n) is 21.9. The number of Topliss-reactive ketones (excluding diaryl/α,β-unsaturated/α-hetero) is 1. The minimum Gasteiger partial charge on any atom is -0.507 e. The van der Waals surface area contributed by atoms with Crippen LogP contribution >= 0.6 is 0 Å². The quantitative estimate of drug-likeness (QED) is 0.206. The van der Waals surface area contributed by atoms with E-state index in [4.69, 9.17) is 9.47 Å². The molecule has 1 saturated heterocycles. The Kier molecular flexibility index (Phi) is 8.34. The highest BCUT2D eigenvalue weighted by atomic mass is 16.5. The minimum atomic E-state index is -0.686. The van der Waals surface area contributed by atoms with Crippen molar-refractivity contribution in [2.75, 3.05) is 32.8 Å². The number of fused-ring (bicyclic) bond motifs is 1. The number of rotatable bonds is 11. The van der Waals surface area contributed by atoms with Crippen molar-refractivity contribution in [2.45, 2.75) is 45.8 Å². The maximum absolute atomic E-state index is 13.3. The smallest absolute Gasteiger partial charge is 0.295 e. The number of ether oxygens (including phenoxy) is 2. The molecule has 196 valence electrons. The van der Waals surface area contributed by atoms with Gasteiger partial charge >= 0.3 is 0 Å². The molecule has 4 rings (SSSR count). The Morgan fingerprint density at radius 1 is 1.19 bits per heavy atom. The molecule has 7 nitrogen and oxygen atoms in total. The topological polar surface area (TPSA) is 79.3 Å². The van der Waals surface area contributed by atoms with Crippen LogP contribution in [0.15, 0.2) is 60.7 Å². The summed E-state index contributed by atoms with van der Waals surface area (Å²) in [6.45, 7) is 13.3. The van der Waals surface area contributed by atoms with Gasteiger partial charge in [-0.3, -0.25) is 9.59 Å². The summed E-state index contributed by atoms with van der Waals surface area (Å²) in [5.41, 5.74) is 2.34. The van der Waals surface area contributed by atoms with E-state index >= 15 is 0 Å². The van der Waals surface area contributed by atoms with Gasteiger partial charge in [-0.2, -0.15) is 0 Å². The van der Waals surface area contributed by atoms with Crippen LogP contribution in [-0.2, 0) is 16.0 Å². The van der Waals surface area contributed by atoms with E-state index < -0.39 is 17.7 Å². The van der Waals surface area contributed by atoms with Gasteiger partial charge in [0.2, 0.25) is 0 Å². The monoisotopic (exact) mass is 504 g/mol. The predicted octanol–water partition coefficient (Wildman–Crippen LogP) is 4.73. The molecule has 0 spiro atoms. The number of ketones is 1. The highest BCUT2D eigenvalue weighted by Crippen LogP contribution is 2.41. The molecule has 0 aliphatic carbocycles. The number of hydrogen-bond donors (Lipinski definition) is 1. The van der Waals surface area contributed by atoms with Gasteiger partial charge < -0.3 is 24.4 Å². The lowest BCUT2D eigenvalue weighted by atomic mass is 9.94.